The predicted molar refractivity (Wildman–Crippen MR) is 117 cm³/mol. The van der Waals surface area contributed by atoms with Gasteiger partial charge in [0.1, 0.15) is 5.56 Å². The lowest BCUT2D eigenvalue weighted by molar-refractivity contribution is -0.138. The van der Waals surface area contributed by atoms with E-state index in [0.717, 1.165) is 12.1 Å². The third-order valence-electron chi connectivity index (χ3n) is 4.78. The maximum Gasteiger partial charge on any atom is 0.420 e. The number of nitrogens with zero attached hydrogens (tertiary/aromatic N) is 3. The van der Waals surface area contributed by atoms with E-state index in [1.807, 2.05) is 6.92 Å². The molecule has 0 amide bonds. The quantitative estimate of drug-likeness (QED) is 0.424. The highest BCUT2D eigenvalue weighted by molar-refractivity contribution is 7.90. The van der Waals surface area contributed by atoms with Crippen molar-refractivity contribution in [2.24, 2.45) is 7.05 Å². The van der Waals surface area contributed by atoms with E-state index in [1.165, 1.54) is 36.0 Å². The Labute approximate surface area is 193 Å². The number of unbranched alkanes of at least 4 members (excludes halogenated alkanes) is 1. The first-order chi connectivity index (χ1) is 15.9. The molecule has 0 aliphatic heterocycles. The predicted octanol–water partition coefficient (Wildman–Crippen LogP) is 4.51. The molecule has 0 saturated heterocycles. The summed E-state index contributed by atoms with van der Waals surface area (Å²) in [6.45, 7) is 1.83. The molecule has 0 aliphatic carbocycles. The van der Waals surface area contributed by atoms with Gasteiger partial charge in [-0.1, -0.05) is 19.4 Å². The van der Waals surface area contributed by atoms with Gasteiger partial charge in [-0.05, 0) is 30.7 Å². The zero-order valence-electron chi connectivity index (χ0n) is 18.3. The Bertz CT molecular complexity index is 1350. The molecule has 0 radical (unpaired) electrons. The van der Waals surface area contributed by atoms with Crippen molar-refractivity contribution in [1.29, 1.82) is 0 Å². The summed E-state index contributed by atoms with van der Waals surface area (Å²) in [4.78, 5) is 19.7. The maximum atomic E-state index is 14.3. The van der Waals surface area contributed by atoms with Gasteiger partial charge in [0.15, 0.2) is 21.4 Å². The number of rotatable bonds is 8. The van der Waals surface area contributed by atoms with Crippen LogP contribution in [0.3, 0.4) is 0 Å². The van der Waals surface area contributed by atoms with Gasteiger partial charge in [0.2, 0.25) is 5.56 Å². The van der Waals surface area contributed by atoms with Crippen LogP contribution < -0.4 is 10.3 Å². The van der Waals surface area contributed by atoms with E-state index in [2.05, 4.69) is 9.97 Å². The Morgan fingerprint density at radius 1 is 1.12 bits per heavy atom. The lowest BCUT2D eigenvalue weighted by atomic mass is 10.2. The summed E-state index contributed by atoms with van der Waals surface area (Å²) in [7, 11) is -2.11. The molecule has 3 rings (SSSR count). The SMILES string of the molecule is CCCCS(=O)(=O)Cc1cc(-c2ccc(=O)n(C)c2)nc(Oc2c(F)cccc2C(F)(F)F)n1. The number of hydrogen-bond donors (Lipinski definition) is 0. The standard InChI is InChI=1S/C22H21F4N3O4S/c1-3-4-10-34(31,32)13-15-11-18(14-8-9-19(30)29(2)12-14)28-21(27-15)33-20-16(22(24,25)26)6-5-7-17(20)23/h5-9,11-12H,3-4,10,13H2,1-2H3. The van der Waals surface area contributed by atoms with E-state index in [-0.39, 0.29) is 22.7 Å². The largest absolute Gasteiger partial charge is 0.420 e. The lowest BCUT2D eigenvalue weighted by Crippen LogP contribution is -2.15. The van der Waals surface area contributed by atoms with E-state index in [9.17, 15) is 30.8 Å². The number of hydrogen-bond acceptors (Lipinski definition) is 6. The summed E-state index contributed by atoms with van der Waals surface area (Å²) in [6.07, 6.45) is -2.43. The van der Waals surface area contributed by atoms with Gasteiger partial charge in [-0.2, -0.15) is 23.1 Å². The van der Waals surface area contributed by atoms with Crippen molar-refractivity contribution >= 4 is 9.84 Å². The molecule has 0 saturated carbocycles. The molecule has 3 aromatic rings. The molecule has 12 heteroatoms. The molecule has 1 aromatic carbocycles. The zero-order valence-corrected chi connectivity index (χ0v) is 19.1. The van der Waals surface area contributed by atoms with Gasteiger partial charge in [0, 0.05) is 24.9 Å². The van der Waals surface area contributed by atoms with Crippen LogP contribution in [0.25, 0.3) is 11.3 Å². The average molecular weight is 499 g/mol. The highest BCUT2D eigenvalue weighted by atomic mass is 32.2. The molecular formula is C22H21F4N3O4S. The number of halogens is 4. The molecule has 0 fully saturated rings. The van der Waals surface area contributed by atoms with Crippen molar-refractivity contribution in [2.45, 2.75) is 31.7 Å². The maximum absolute atomic E-state index is 14.3. The molecule has 0 atom stereocenters. The number of para-hydroxylation sites is 1. The third kappa shape index (κ3) is 6.19. The normalized spacial score (nSPS) is 12.1. The fourth-order valence-electron chi connectivity index (χ4n) is 3.07. The van der Waals surface area contributed by atoms with Gasteiger partial charge in [0.05, 0.1) is 22.9 Å². The minimum absolute atomic E-state index is 0.0464. The van der Waals surface area contributed by atoms with Crippen LogP contribution in [0, 0.1) is 5.82 Å². The molecule has 0 unspecified atom stereocenters. The van der Waals surface area contributed by atoms with E-state index in [0.29, 0.717) is 24.5 Å². The molecule has 0 spiro atoms. The van der Waals surface area contributed by atoms with Crippen molar-refractivity contribution in [3.63, 3.8) is 0 Å². The number of ether oxygens (including phenoxy) is 1. The highest BCUT2D eigenvalue weighted by Gasteiger charge is 2.36. The molecule has 182 valence electrons. The second kappa shape index (κ2) is 9.92. The average Bonchev–Trinajstić information content (AvgIpc) is 2.74. The van der Waals surface area contributed by atoms with Crippen LogP contribution in [-0.4, -0.2) is 28.7 Å². The van der Waals surface area contributed by atoms with Crippen molar-refractivity contribution in [3.8, 4) is 23.0 Å². The number of sulfone groups is 1. The van der Waals surface area contributed by atoms with Crippen LogP contribution in [0.15, 0.2) is 47.4 Å². The molecule has 0 aliphatic rings. The zero-order chi connectivity index (χ0) is 25.1. The Kier molecular flexibility index (Phi) is 7.39. The fourth-order valence-corrected chi connectivity index (χ4v) is 4.55. The topological polar surface area (TPSA) is 91.2 Å². The summed E-state index contributed by atoms with van der Waals surface area (Å²) in [5, 5.41) is 0. The van der Waals surface area contributed by atoms with Gasteiger partial charge < -0.3 is 9.30 Å². The van der Waals surface area contributed by atoms with Crippen LogP contribution in [-0.2, 0) is 28.8 Å². The monoisotopic (exact) mass is 499 g/mol. The molecule has 7 nitrogen and oxygen atoms in total. The van der Waals surface area contributed by atoms with Crippen LogP contribution in [0.1, 0.15) is 31.0 Å². The number of alkyl halides is 3. The van der Waals surface area contributed by atoms with Crippen LogP contribution >= 0.6 is 0 Å². The minimum Gasteiger partial charge on any atom is -0.420 e. The second-order valence-electron chi connectivity index (χ2n) is 7.56. The van der Waals surface area contributed by atoms with Gasteiger partial charge in [0.25, 0.3) is 0 Å². The smallest absolute Gasteiger partial charge is 0.420 e. The van der Waals surface area contributed by atoms with Gasteiger partial charge in [-0.15, -0.1) is 0 Å². The number of aryl methyl sites for hydroxylation is 1. The first kappa shape index (κ1) is 25.3. The first-order valence-corrected chi connectivity index (χ1v) is 12.0. The number of benzene rings is 1. The minimum atomic E-state index is -4.92. The lowest BCUT2D eigenvalue weighted by Gasteiger charge is -2.14. The molecule has 0 bridgehead atoms. The molecule has 0 N–H and O–H groups in total. The Morgan fingerprint density at radius 2 is 1.85 bits per heavy atom. The highest BCUT2D eigenvalue weighted by Crippen LogP contribution is 2.39. The van der Waals surface area contributed by atoms with E-state index in [1.54, 1.807) is 0 Å². The number of pyridine rings is 1. The Morgan fingerprint density at radius 3 is 2.50 bits per heavy atom. The Hall–Kier alpha value is -3.28. The van der Waals surface area contributed by atoms with Crippen LogP contribution in [0.5, 0.6) is 11.8 Å². The van der Waals surface area contributed by atoms with Gasteiger partial charge >= 0.3 is 12.2 Å². The van der Waals surface area contributed by atoms with Gasteiger partial charge in [-0.3, -0.25) is 4.79 Å². The van der Waals surface area contributed by atoms with Crippen molar-refractivity contribution in [2.75, 3.05) is 5.75 Å². The molecular weight excluding hydrogens is 478 g/mol. The molecule has 34 heavy (non-hydrogen) atoms. The molecule has 2 heterocycles. The molecule has 2 aromatic heterocycles. The van der Waals surface area contributed by atoms with Crippen LogP contribution in [0.4, 0.5) is 17.6 Å². The van der Waals surface area contributed by atoms with E-state index in [4.69, 9.17) is 4.74 Å². The van der Waals surface area contributed by atoms with Gasteiger partial charge in [-0.25, -0.2) is 12.8 Å². The second-order valence-corrected chi connectivity index (χ2v) is 9.74. The first-order valence-electron chi connectivity index (χ1n) is 10.2. The van der Waals surface area contributed by atoms with E-state index < -0.39 is 44.9 Å². The summed E-state index contributed by atoms with van der Waals surface area (Å²) in [5.74, 6) is -3.05. The van der Waals surface area contributed by atoms with Crippen molar-refractivity contribution < 1.29 is 30.7 Å². The third-order valence-corrected chi connectivity index (χ3v) is 6.43. The van der Waals surface area contributed by atoms with E-state index >= 15 is 0 Å². The van der Waals surface area contributed by atoms with Crippen molar-refractivity contribution in [3.05, 3.63) is 70.0 Å². The summed E-state index contributed by atoms with van der Waals surface area (Å²) >= 11 is 0. The summed E-state index contributed by atoms with van der Waals surface area (Å²) < 4.78 is 85.7. The van der Waals surface area contributed by atoms with Crippen molar-refractivity contribution in [1.82, 2.24) is 14.5 Å². The van der Waals surface area contributed by atoms with Crippen LogP contribution in [0.2, 0.25) is 0 Å². The number of aromatic nitrogens is 3. The fraction of sp³-hybridized carbons (Fsp3) is 0.318. The summed E-state index contributed by atoms with van der Waals surface area (Å²) in [6, 6.07) is 5.65. The Balaban J connectivity index is 2.12. The summed E-state index contributed by atoms with van der Waals surface area (Å²) in [5.41, 5.74) is -1.30.